The maximum atomic E-state index is 14.2. The Morgan fingerprint density at radius 2 is 1.02 bits per heavy atom. The molecule has 0 aromatic heterocycles. The molecule has 11 heteroatoms. The molecule has 1 N–H and O–H groups in total. The highest BCUT2D eigenvalue weighted by molar-refractivity contribution is 7.48. The van der Waals surface area contributed by atoms with E-state index in [1.807, 2.05) is 176 Å². The molecule has 0 fully saturated rings. The molecule has 6 aromatic rings. The Hall–Kier alpha value is -5.58. The van der Waals surface area contributed by atoms with Gasteiger partial charge in [-0.25, -0.2) is 18.9 Å². The minimum atomic E-state index is -4.12. The van der Waals surface area contributed by atoms with Crippen LogP contribution in [0.2, 0.25) is 0 Å². The predicted molar refractivity (Wildman–Crippen MR) is 223 cm³/mol. The van der Waals surface area contributed by atoms with Crippen molar-refractivity contribution < 1.29 is 37.1 Å². The van der Waals surface area contributed by atoms with Crippen LogP contribution in [0, 0.1) is 0 Å². The zero-order chi connectivity index (χ0) is 40.5. The molecule has 300 valence electrons. The van der Waals surface area contributed by atoms with Crippen LogP contribution >= 0.6 is 7.82 Å². The monoisotopic (exact) mass is 800 g/mol. The highest BCUT2D eigenvalue weighted by Gasteiger charge is 2.41. The molecule has 0 heterocycles. The van der Waals surface area contributed by atoms with Crippen LogP contribution in [0.5, 0.6) is 11.5 Å². The van der Waals surface area contributed by atoms with Crippen LogP contribution in [0.1, 0.15) is 40.3 Å². The van der Waals surface area contributed by atoms with E-state index in [0.29, 0.717) is 18.0 Å². The van der Waals surface area contributed by atoms with Crippen molar-refractivity contribution in [1.82, 2.24) is 10.4 Å². The number of phosphoric ester groups is 1. The molecule has 0 aliphatic heterocycles. The van der Waals surface area contributed by atoms with Gasteiger partial charge >= 0.3 is 13.8 Å². The number of carbonyl (C=O) groups is 1. The number of rotatable bonds is 22. The summed E-state index contributed by atoms with van der Waals surface area (Å²) in [5.41, 5.74) is 7.34. The second kappa shape index (κ2) is 21.3. The predicted octanol–water partition coefficient (Wildman–Crippen LogP) is 9.84. The second-order valence-electron chi connectivity index (χ2n) is 13.7. The highest BCUT2D eigenvalue weighted by Crippen LogP contribution is 2.51. The van der Waals surface area contributed by atoms with E-state index >= 15 is 0 Å². The smallest absolute Gasteiger partial charge is 0.478 e. The van der Waals surface area contributed by atoms with Crippen LogP contribution in [-0.4, -0.2) is 30.4 Å². The number of hydrogen-bond acceptors (Lipinski definition) is 10. The molecule has 0 saturated carbocycles. The molecule has 0 spiro atoms. The van der Waals surface area contributed by atoms with E-state index in [0.717, 1.165) is 33.4 Å². The number of esters is 1. The number of nitrogens with one attached hydrogen (secondary N) is 1. The Balaban J connectivity index is 1.23. The molecule has 0 aliphatic carbocycles. The van der Waals surface area contributed by atoms with Crippen molar-refractivity contribution in [3.05, 3.63) is 203 Å². The third-order valence-electron chi connectivity index (χ3n) is 9.38. The molecule has 1 atom stereocenters. The summed E-state index contributed by atoms with van der Waals surface area (Å²) >= 11 is 0. The average molecular weight is 801 g/mol. The first kappa shape index (κ1) is 42.0. The van der Waals surface area contributed by atoms with Crippen LogP contribution in [0.15, 0.2) is 170 Å². The van der Waals surface area contributed by atoms with Gasteiger partial charge in [0.1, 0.15) is 18.8 Å². The summed E-state index contributed by atoms with van der Waals surface area (Å²) in [5.74, 6) is 0.332. The van der Waals surface area contributed by atoms with Crippen molar-refractivity contribution in [2.24, 2.45) is 0 Å². The SMILES string of the molecule is CNN(Cc1ccccc1)[C@@](C)(Cc1ccc(OCOP(=O)(OCc2ccccc2)OCc2ccccc2)c(OCc2ccccc2)c1)C(=O)OCc1ccccc1. The van der Waals surface area contributed by atoms with Gasteiger partial charge in [-0.05, 0) is 59.5 Å². The molecule has 0 radical (unpaired) electrons. The van der Waals surface area contributed by atoms with Crippen LogP contribution in [-0.2, 0) is 67.1 Å². The molecule has 0 bridgehead atoms. The minimum absolute atomic E-state index is 0.00744. The van der Waals surface area contributed by atoms with Crippen LogP contribution in [0.4, 0.5) is 0 Å². The van der Waals surface area contributed by atoms with Gasteiger partial charge in [-0.3, -0.25) is 14.5 Å². The Morgan fingerprint density at radius 1 is 0.552 bits per heavy atom. The van der Waals surface area contributed by atoms with E-state index in [9.17, 15) is 9.36 Å². The number of hydrogen-bond donors (Lipinski definition) is 1. The summed E-state index contributed by atoms with van der Waals surface area (Å²) in [7, 11) is -2.32. The summed E-state index contributed by atoms with van der Waals surface area (Å²) in [6.07, 6.45) is 0.253. The molecular weight excluding hydrogens is 751 g/mol. The molecule has 58 heavy (non-hydrogen) atoms. The summed E-state index contributed by atoms with van der Waals surface area (Å²) in [6, 6.07) is 53.4. The Kier molecular flexibility index (Phi) is 15.4. The van der Waals surface area contributed by atoms with E-state index in [1.165, 1.54) is 0 Å². The summed E-state index contributed by atoms with van der Waals surface area (Å²) < 4.78 is 49.7. The Morgan fingerprint density at radius 3 is 1.52 bits per heavy atom. The van der Waals surface area contributed by atoms with Gasteiger partial charge in [-0.15, -0.1) is 0 Å². The van der Waals surface area contributed by atoms with Crippen LogP contribution in [0.3, 0.4) is 0 Å². The van der Waals surface area contributed by atoms with Gasteiger partial charge in [0.25, 0.3) is 0 Å². The molecule has 0 amide bonds. The fraction of sp³-hybridized carbons (Fsp3) is 0.213. The quantitative estimate of drug-likeness (QED) is 0.0309. The second-order valence-corrected chi connectivity index (χ2v) is 15.4. The first-order chi connectivity index (χ1) is 28.3. The number of nitrogens with zero attached hydrogens (tertiary/aromatic N) is 1. The maximum absolute atomic E-state index is 14.2. The maximum Gasteiger partial charge on any atom is 0.478 e. The highest BCUT2D eigenvalue weighted by atomic mass is 31.2. The molecule has 0 aliphatic rings. The van der Waals surface area contributed by atoms with Crippen molar-refractivity contribution in [2.45, 2.75) is 51.9 Å². The topological polar surface area (TPSA) is 105 Å². The van der Waals surface area contributed by atoms with Crippen molar-refractivity contribution in [1.29, 1.82) is 0 Å². The van der Waals surface area contributed by atoms with Gasteiger partial charge in [0.15, 0.2) is 11.5 Å². The summed E-state index contributed by atoms with van der Waals surface area (Å²) in [4.78, 5) is 14.2. The lowest BCUT2D eigenvalue weighted by Crippen LogP contribution is -2.58. The Labute approximate surface area is 340 Å². The normalized spacial score (nSPS) is 12.5. The molecule has 6 aromatic carbocycles. The number of phosphoric acid groups is 1. The number of hydrazine groups is 1. The van der Waals surface area contributed by atoms with Gasteiger partial charge in [-0.1, -0.05) is 158 Å². The van der Waals surface area contributed by atoms with Crippen LogP contribution < -0.4 is 14.9 Å². The fourth-order valence-electron chi connectivity index (χ4n) is 6.17. The van der Waals surface area contributed by atoms with Crippen molar-refractivity contribution >= 4 is 13.8 Å². The zero-order valence-electron chi connectivity index (χ0n) is 32.8. The van der Waals surface area contributed by atoms with Gasteiger partial charge < -0.3 is 14.2 Å². The lowest BCUT2D eigenvalue weighted by molar-refractivity contribution is -0.161. The molecule has 10 nitrogen and oxygen atoms in total. The van der Waals surface area contributed by atoms with Gasteiger partial charge in [0.05, 0.1) is 13.2 Å². The van der Waals surface area contributed by atoms with Gasteiger partial charge in [0.2, 0.25) is 6.79 Å². The first-order valence-corrected chi connectivity index (χ1v) is 20.5. The third-order valence-corrected chi connectivity index (χ3v) is 10.7. The van der Waals surface area contributed by atoms with Crippen LogP contribution in [0.25, 0.3) is 0 Å². The van der Waals surface area contributed by atoms with Gasteiger partial charge in [0, 0.05) is 13.0 Å². The largest absolute Gasteiger partial charge is 0.485 e. The van der Waals surface area contributed by atoms with E-state index in [1.54, 1.807) is 13.1 Å². The van der Waals surface area contributed by atoms with E-state index in [2.05, 4.69) is 5.43 Å². The first-order valence-electron chi connectivity index (χ1n) is 19.1. The van der Waals surface area contributed by atoms with E-state index in [4.69, 9.17) is 27.8 Å². The van der Waals surface area contributed by atoms with Crippen molar-refractivity contribution in [3.8, 4) is 11.5 Å². The van der Waals surface area contributed by atoms with E-state index in [-0.39, 0.29) is 32.8 Å². The van der Waals surface area contributed by atoms with Crippen molar-refractivity contribution in [3.63, 3.8) is 0 Å². The van der Waals surface area contributed by atoms with Crippen molar-refractivity contribution in [2.75, 3.05) is 13.8 Å². The third kappa shape index (κ3) is 12.5. The van der Waals surface area contributed by atoms with Gasteiger partial charge in [-0.2, -0.15) is 0 Å². The fourth-order valence-corrected chi connectivity index (χ4v) is 7.19. The average Bonchev–Trinajstić information content (AvgIpc) is 3.27. The minimum Gasteiger partial charge on any atom is -0.485 e. The lowest BCUT2D eigenvalue weighted by Gasteiger charge is -2.39. The standard InChI is InChI=1S/C47H49N2O8P/c1-47(46(50)53-34-40-22-12-5-13-23-40,49(48-2)32-38-18-8-3-9-19-38)31-43-28-29-44(45(30-43)52-33-39-20-10-4-11-21-39)54-37-57-58(51,55-35-41-24-14-6-15-25-41)56-36-42-26-16-7-17-27-42/h3-30,48H,31-37H2,1-2H3/t47-/m0/s1. The molecule has 6 rings (SSSR count). The number of carbonyl (C=O) groups excluding carboxylic acids is 1. The summed E-state index contributed by atoms with van der Waals surface area (Å²) in [6.45, 7) is 2.22. The zero-order valence-corrected chi connectivity index (χ0v) is 33.7. The molecular formula is C47H49N2O8P. The molecule has 0 saturated heterocycles. The lowest BCUT2D eigenvalue weighted by atomic mass is 9.91. The summed E-state index contributed by atoms with van der Waals surface area (Å²) in [5, 5.41) is 1.89. The molecule has 0 unspecified atom stereocenters. The number of benzene rings is 6. The number of ether oxygens (including phenoxy) is 3. The Bertz CT molecular complexity index is 2130. The van der Waals surface area contributed by atoms with E-state index < -0.39 is 26.1 Å².